The molecule has 1 N–H and O–H groups in total. The Hall–Kier alpha value is -2.59. The number of nitrogens with zero attached hydrogens (tertiary/aromatic N) is 1. The molecule has 0 aliphatic carbocycles. The van der Waals surface area contributed by atoms with E-state index in [0.717, 1.165) is 6.07 Å². The summed E-state index contributed by atoms with van der Waals surface area (Å²) < 4.78 is 63.9. The van der Waals surface area contributed by atoms with Gasteiger partial charge in [0.2, 0.25) is 15.9 Å². The quantitative estimate of drug-likeness (QED) is 0.774. The molecule has 0 saturated carbocycles. The minimum atomic E-state index is -4.70. The Morgan fingerprint density at radius 2 is 1.90 bits per heavy atom. The highest BCUT2D eigenvalue weighted by Gasteiger charge is 2.42. The number of alkyl halides is 3. The fourth-order valence-corrected chi connectivity index (χ4v) is 4.92. The molecule has 29 heavy (non-hydrogen) atoms. The summed E-state index contributed by atoms with van der Waals surface area (Å²) in [6, 6.07) is 8.16. The van der Waals surface area contributed by atoms with E-state index in [1.807, 2.05) is 0 Å². The first kappa shape index (κ1) is 21.1. The molecule has 0 spiro atoms. The van der Waals surface area contributed by atoms with Gasteiger partial charge in [-0.2, -0.15) is 13.2 Å². The molecule has 11 heteroatoms. The Bertz CT molecular complexity index is 1100. The number of hydrogen-bond acceptors (Lipinski definition) is 4. The van der Waals surface area contributed by atoms with Crippen LogP contribution in [0.3, 0.4) is 0 Å². The zero-order chi connectivity index (χ0) is 21.6. The van der Waals surface area contributed by atoms with E-state index in [9.17, 15) is 31.2 Å². The second kappa shape index (κ2) is 7.34. The molecular formula is C18H14ClF3N2O4S. The summed E-state index contributed by atoms with van der Waals surface area (Å²) in [5.41, 5.74) is -1.29. The number of benzene rings is 2. The summed E-state index contributed by atoms with van der Waals surface area (Å²) in [7, 11) is -3.85. The van der Waals surface area contributed by atoms with E-state index in [-0.39, 0.29) is 22.7 Å². The monoisotopic (exact) mass is 446 g/mol. The maximum absolute atomic E-state index is 13.0. The summed E-state index contributed by atoms with van der Waals surface area (Å²) >= 11 is 5.55. The molecular weight excluding hydrogens is 433 g/mol. The SMILES string of the molecule is CC1CS(=O)(=O)N(c2cccc(C(=O)Nc3ccc(Cl)c(C(F)(F)F)c3)c2)C1=O. The van der Waals surface area contributed by atoms with Crippen molar-refractivity contribution < 1.29 is 31.2 Å². The molecule has 1 atom stereocenters. The first-order valence-electron chi connectivity index (χ1n) is 8.25. The van der Waals surface area contributed by atoms with Crippen LogP contribution in [0, 0.1) is 5.92 Å². The number of carbonyl (C=O) groups excluding carboxylic acids is 2. The van der Waals surface area contributed by atoms with Crippen LogP contribution in [0.2, 0.25) is 5.02 Å². The molecule has 1 unspecified atom stereocenters. The molecule has 2 amide bonds. The highest BCUT2D eigenvalue weighted by Crippen LogP contribution is 2.36. The number of halogens is 4. The minimum Gasteiger partial charge on any atom is -0.322 e. The Labute approximate surface area is 169 Å². The molecule has 154 valence electrons. The third-order valence-corrected chi connectivity index (χ3v) is 6.43. The third kappa shape index (κ3) is 4.23. The highest BCUT2D eigenvalue weighted by atomic mass is 35.5. The number of amides is 2. The molecule has 1 aliphatic heterocycles. The molecule has 0 radical (unpaired) electrons. The van der Waals surface area contributed by atoms with E-state index in [4.69, 9.17) is 11.6 Å². The van der Waals surface area contributed by atoms with Crippen LogP contribution in [0.25, 0.3) is 0 Å². The Balaban J connectivity index is 1.89. The van der Waals surface area contributed by atoms with Crippen molar-refractivity contribution in [1.82, 2.24) is 0 Å². The van der Waals surface area contributed by atoms with E-state index in [1.165, 1.54) is 37.3 Å². The zero-order valence-electron chi connectivity index (χ0n) is 14.8. The van der Waals surface area contributed by atoms with E-state index >= 15 is 0 Å². The number of sulfonamides is 1. The fraction of sp³-hybridized carbons (Fsp3) is 0.222. The Morgan fingerprint density at radius 3 is 2.48 bits per heavy atom. The minimum absolute atomic E-state index is 0.0147. The maximum atomic E-state index is 13.0. The highest BCUT2D eigenvalue weighted by molar-refractivity contribution is 7.94. The largest absolute Gasteiger partial charge is 0.417 e. The van der Waals surface area contributed by atoms with Crippen molar-refractivity contribution in [2.75, 3.05) is 15.4 Å². The molecule has 1 aliphatic rings. The van der Waals surface area contributed by atoms with Crippen LogP contribution in [0.4, 0.5) is 24.5 Å². The van der Waals surface area contributed by atoms with E-state index in [1.54, 1.807) is 0 Å². The predicted molar refractivity (Wildman–Crippen MR) is 101 cm³/mol. The predicted octanol–water partition coefficient (Wildman–Crippen LogP) is 3.92. The van der Waals surface area contributed by atoms with E-state index < -0.39 is 44.5 Å². The molecule has 1 heterocycles. The molecule has 0 aromatic heterocycles. The van der Waals surface area contributed by atoms with Gasteiger partial charge in [-0.15, -0.1) is 0 Å². The van der Waals surface area contributed by atoms with Gasteiger partial charge < -0.3 is 5.32 Å². The average molecular weight is 447 g/mol. The van der Waals surface area contributed by atoms with Crippen LogP contribution in [-0.2, 0) is 21.0 Å². The number of carbonyl (C=O) groups is 2. The second-order valence-corrected chi connectivity index (χ2v) is 8.75. The van der Waals surface area contributed by atoms with Crippen molar-refractivity contribution in [2.24, 2.45) is 5.92 Å². The lowest BCUT2D eigenvalue weighted by molar-refractivity contribution is -0.137. The second-order valence-electron chi connectivity index (χ2n) is 6.48. The zero-order valence-corrected chi connectivity index (χ0v) is 16.4. The summed E-state index contributed by atoms with van der Waals surface area (Å²) in [5.74, 6) is -2.45. The van der Waals surface area contributed by atoms with Crippen molar-refractivity contribution >= 4 is 44.8 Å². The van der Waals surface area contributed by atoms with Crippen molar-refractivity contribution in [1.29, 1.82) is 0 Å². The van der Waals surface area contributed by atoms with Crippen LogP contribution in [0.15, 0.2) is 42.5 Å². The van der Waals surface area contributed by atoms with Crippen LogP contribution in [0.1, 0.15) is 22.8 Å². The van der Waals surface area contributed by atoms with Gasteiger partial charge in [0.25, 0.3) is 5.91 Å². The molecule has 2 aromatic carbocycles. The van der Waals surface area contributed by atoms with Crippen LogP contribution in [-0.4, -0.2) is 26.0 Å². The average Bonchev–Trinajstić information content (AvgIpc) is 2.82. The Kier molecular flexibility index (Phi) is 5.35. The topological polar surface area (TPSA) is 83.6 Å². The van der Waals surface area contributed by atoms with E-state index in [0.29, 0.717) is 10.4 Å². The summed E-state index contributed by atoms with van der Waals surface area (Å²) in [6.45, 7) is 1.48. The maximum Gasteiger partial charge on any atom is 0.417 e. The standard InChI is InChI=1S/C18H14ClF3N2O4S/c1-10-9-29(27,28)24(17(10)26)13-4-2-3-11(7-13)16(25)23-12-5-6-15(19)14(8-12)18(20,21)22/h2-8,10H,9H2,1H3,(H,23,25). The van der Waals surface area contributed by atoms with Gasteiger partial charge in [-0.05, 0) is 36.4 Å². The lowest BCUT2D eigenvalue weighted by Gasteiger charge is -2.16. The smallest absolute Gasteiger partial charge is 0.322 e. The molecule has 6 nitrogen and oxygen atoms in total. The lowest BCUT2D eigenvalue weighted by Crippen LogP contribution is -2.30. The number of anilines is 2. The van der Waals surface area contributed by atoms with Gasteiger partial charge in [0.1, 0.15) is 0 Å². The summed E-state index contributed by atoms with van der Waals surface area (Å²) in [5, 5.41) is 1.80. The van der Waals surface area contributed by atoms with Gasteiger partial charge in [0.05, 0.1) is 27.9 Å². The van der Waals surface area contributed by atoms with Gasteiger partial charge in [0.15, 0.2) is 0 Å². The molecule has 1 saturated heterocycles. The normalized spacial score (nSPS) is 18.7. The summed E-state index contributed by atoms with van der Waals surface area (Å²) in [6.07, 6.45) is -4.70. The first-order chi connectivity index (χ1) is 13.4. The van der Waals surface area contributed by atoms with Gasteiger partial charge in [-0.3, -0.25) is 9.59 Å². The lowest BCUT2D eigenvalue weighted by atomic mass is 10.1. The van der Waals surface area contributed by atoms with Gasteiger partial charge >= 0.3 is 6.18 Å². The van der Waals surface area contributed by atoms with Crippen LogP contribution < -0.4 is 9.62 Å². The van der Waals surface area contributed by atoms with Crippen LogP contribution in [0.5, 0.6) is 0 Å². The van der Waals surface area contributed by atoms with Crippen LogP contribution >= 0.6 is 11.6 Å². The molecule has 1 fully saturated rings. The van der Waals surface area contributed by atoms with Gasteiger partial charge in [0, 0.05) is 11.3 Å². The number of hydrogen-bond donors (Lipinski definition) is 1. The molecule has 0 bridgehead atoms. The third-order valence-electron chi connectivity index (χ3n) is 4.23. The first-order valence-corrected chi connectivity index (χ1v) is 10.2. The fourth-order valence-electron chi connectivity index (χ4n) is 2.88. The molecule has 2 aromatic rings. The van der Waals surface area contributed by atoms with Gasteiger partial charge in [-0.25, -0.2) is 12.7 Å². The molecule has 3 rings (SSSR count). The van der Waals surface area contributed by atoms with E-state index in [2.05, 4.69) is 5.32 Å². The Morgan fingerprint density at radius 1 is 1.21 bits per heavy atom. The number of rotatable bonds is 3. The van der Waals surface area contributed by atoms with Gasteiger partial charge in [-0.1, -0.05) is 24.6 Å². The van der Waals surface area contributed by atoms with Crippen molar-refractivity contribution in [3.05, 3.63) is 58.6 Å². The van der Waals surface area contributed by atoms with Crippen molar-refractivity contribution in [3.8, 4) is 0 Å². The van der Waals surface area contributed by atoms with Crippen molar-refractivity contribution in [2.45, 2.75) is 13.1 Å². The van der Waals surface area contributed by atoms with Crippen molar-refractivity contribution in [3.63, 3.8) is 0 Å². The number of nitrogens with one attached hydrogen (secondary N) is 1. The summed E-state index contributed by atoms with van der Waals surface area (Å²) in [4.78, 5) is 24.6.